The molecule has 45 heavy (non-hydrogen) atoms. The molecule has 0 radical (unpaired) electrons. The summed E-state index contributed by atoms with van der Waals surface area (Å²) < 4.78 is 10.7. The van der Waals surface area contributed by atoms with Crippen molar-refractivity contribution in [2.24, 2.45) is 0 Å². The summed E-state index contributed by atoms with van der Waals surface area (Å²) in [5.74, 6) is 1.34. The molecule has 0 saturated carbocycles. The van der Waals surface area contributed by atoms with Crippen molar-refractivity contribution in [2.45, 2.75) is 194 Å². The zero-order chi connectivity index (χ0) is 32.7. The first-order valence-corrected chi connectivity index (χ1v) is 20.5. The van der Waals surface area contributed by atoms with Crippen LogP contribution in [0.3, 0.4) is 0 Å². The molecule has 0 aromatic carbocycles. The molecule has 0 atom stereocenters. The molecule has 0 unspecified atom stereocenters. The third-order valence-corrected chi connectivity index (χ3v) is 9.18. The van der Waals surface area contributed by atoms with Crippen LogP contribution in [0.2, 0.25) is 0 Å². The second kappa shape index (κ2) is 39.0. The van der Waals surface area contributed by atoms with Crippen LogP contribution in [0.15, 0.2) is 24.3 Å². The van der Waals surface area contributed by atoms with Gasteiger partial charge in [-0.2, -0.15) is 11.8 Å². The summed E-state index contributed by atoms with van der Waals surface area (Å²) in [6.07, 6.45) is 43.2. The van der Waals surface area contributed by atoms with Crippen LogP contribution in [0.1, 0.15) is 194 Å². The summed E-state index contributed by atoms with van der Waals surface area (Å²) in [6, 6.07) is 0. The van der Waals surface area contributed by atoms with Gasteiger partial charge in [0.15, 0.2) is 0 Å². The van der Waals surface area contributed by atoms with Gasteiger partial charge in [-0.3, -0.25) is 9.59 Å². The number of unbranched alkanes of at least 4 members (excludes halogenated alkanes) is 22. The lowest BCUT2D eigenvalue weighted by atomic mass is 10.1. The Morgan fingerprint density at radius 1 is 0.422 bits per heavy atom. The normalized spacial score (nSPS) is 11.6. The Kier molecular flexibility index (Phi) is 37.9. The van der Waals surface area contributed by atoms with Crippen LogP contribution in [0, 0.1) is 0 Å². The maximum atomic E-state index is 11.9. The molecular formula is C40H74O4S. The largest absolute Gasteiger partial charge is 0.465 e. The van der Waals surface area contributed by atoms with Crippen LogP contribution in [0.25, 0.3) is 0 Å². The van der Waals surface area contributed by atoms with Gasteiger partial charge in [-0.15, -0.1) is 0 Å². The molecule has 0 heterocycles. The maximum Gasteiger partial charge on any atom is 0.305 e. The Hall–Kier alpha value is -1.23. The van der Waals surface area contributed by atoms with Crippen LogP contribution < -0.4 is 0 Å². The summed E-state index contributed by atoms with van der Waals surface area (Å²) in [5, 5.41) is 0. The zero-order valence-electron chi connectivity index (χ0n) is 30.0. The highest BCUT2D eigenvalue weighted by Crippen LogP contribution is 2.12. The maximum absolute atomic E-state index is 11.9. The average molecular weight is 651 g/mol. The van der Waals surface area contributed by atoms with Crippen molar-refractivity contribution in [2.75, 3.05) is 24.7 Å². The van der Waals surface area contributed by atoms with Crippen LogP contribution in [0.5, 0.6) is 0 Å². The van der Waals surface area contributed by atoms with E-state index in [-0.39, 0.29) is 11.9 Å². The minimum absolute atomic E-state index is 0.0837. The number of rotatable bonds is 36. The molecule has 0 rings (SSSR count). The number of carbonyl (C=O) groups is 2. The number of hydrogen-bond donors (Lipinski definition) is 0. The number of thioether (sulfide) groups is 1. The standard InChI is InChI=1S/C40H74O4S/c1-3-5-7-9-11-13-15-17-19-21-23-25-27-29-31-33-39(41)43-35-37-45-38-36-44-40(42)34-32-30-28-26-24-22-20-18-16-14-12-10-8-6-4-2/h17-20H,3-16,21-38H2,1-2H3/b19-17-,20-18-. The fraction of sp³-hybridized carbons (Fsp3) is 0.850. The van der Waals surface area contributed by atoms with Crippen molar-refractivity contribution in [1.29, 1.82) is 0 Å². The minimum Gasteiger partial charge on any atom is -0.465 e. The van der Waals surface area contributed by atoms with Gasteiger partial charge in [0.1, 0.15) is 13.2 Å². The van der Waals surface area contributed by atoms with E-state index in [4.69, 9.17) is 9.47 Å². The highest BCUT2D eigenvalue weighted by molar-refractivity contribution is 7.99. The Labute approximate surface area is 284 Å². The molecule has 0 aliphatic heterocycles. The Morgan fingerprint density at radius 2 is 0.711 bits per heavy atom. The van der Waals surface area contributed by atoms with Gasteiger partial charge < -0.3 is 9.47 Å². The van der Waals surface area contributed by atoms with Crippen molar-refractivity contribution in [3.05, 3.63) is 24.3 Å². The second-order valence-electron chi connectivity index (χ2n) is 12.7. The summed E-state index contributed by atoms with van der Waals surface area (Å²) in [6.45, 7) is 5.42. The van der Waals surface area contributed by atoms with E-state index >= 15 is 0 Å². The lowest BCUT2D eigenvalue weighted by molar-refractivity contribution is -0.143. The van der Waals surface area contributed by atoms with Crippen LogP contribution in [-0.4, -0.2) is 36.7 Å². The Bertz CT molecular complexity index is 619. The summed E-state index contributed by atoms with van der Waals surface area (Å²) in [5.41, 5.74) is 0. The average Bonchev–Trinajstić information content (AvgIpc) is 3.04. The lowest BCUT2D eigenvalue weighted by Gasteiger charge is -2.06. The summed E-state index contributed by atoms with van der Waals surface area (Å²) >= 11 is 1.67. The van der Waals surface area contributed by atoms with Crippen molar-refractivity contribution < 1.29 is 19.1 Å². The number of carbonyl (C=O) groups excluding carboxylic acids is 2. The van der Waals surface area contributed by atoms with Gasteiger partial charge >= 0.3 is 11.9 Å². The van der Waals surface area contributed by atoms with E-state index in [9.17, 15) is 9.59 Å². The van der Waals surface area contributed by atoms with Crippen molar-refractivity contribution in [1.82, 2.24) is 0 Å². The van der Waals surface area contributed by atoms with Crippen molar-refractivity contribution in [3.8, 4) is 0 Å². The molecule has 0 aromatic heterocycles. The predicted octanol–water partition coefficient (Wildman–Crippen LogP) is 12.9. The smallest absolute Gasteiger partial charge is 0.305 e. The fourth-order valence-corrected chi connectivity index (χ4v) is 5.96. The molecular weight excluding hydrogens is 577 g/mol. The number of hydrogen-bond acceptors (Lipinski definition) is 5. The van der Waals surface area contributed by atoms with E-state index < -0.39 is 0 Å². The van der Waals surface area contributed by atoms with Crippen molar-refractivity contribution in [3.63, 3.8) is 0 Å². The van der Waals surface area contributed by atoms with E-state index in [1.165, 1.54) is 141 Å². The molecule has 4 nitrogen and oxygen atoms in total. The van der Waals surface area contributed by atoms with Crippen LogP contribution in [-0.2, 0) is 19.1 Å². The molecule has 0 bridgehead atoms. The monoisotopic (exact) mass is 651 g/mol. The molecule has 5 heteroatoms. The quantitative estimate of drug-likeness (QED) is 0.0384. The SMILES string of the molecule is CCCCCCCC/C=C\CCCCCCCC(=O)OCCSCCOC(=O)CCCCCCC/C=C\CCCCCCCC. The van der Waals surface area contributed by atoms with Crippen molar-refractivity contribution >= 4 is 23.7 Å². The molecule has 0 spiro atoms. The second-order valence-corrected chi connectivity index (χ2v) is 13.9. The molecule has 0 aliphatic rings. The van der Waals surface area contributed by atoms with E-state index in [1.54, 1.807) is 11.8 Å². The molecule has 0 aromatic rings. The van der Waals surface area contributed by atoms with Gasteiger partial charge in [0.25, 0.3) is 0 Å². The molecule has 0 saturated heterocycles. The summed E-state index contributed by atoms with van der Waals surface area (Å²) in [7, 11) is 0. The lowest BCUT2D eigenvalue weighted by Crippen LogP contribution is -2.09. The van der Waals surface area contributed by atoms with Crippen LogP contribution in [0.4, 0.5) is 0 Å². The zero-order valence-corrected chi connectivity index (χ0v) is 30.8. The third kappa shape index (κ3) is 38.9. The van der Waals surface area contributed by atoms with Gasteiger partial charge in [0.05, 0.1) is 0 Å². The topological polar surface area (TPSA) is 52.6 Å². The first kappa shape index (κ1) is 43.8. The van der Waals surface area contributed by atoms with Gasteiger partial charge in [0.2, 0.25) is 0 Å². The molecule has 0 fully saturated rings. The van der Waals surface area contributed by atoms with E-state index in [2.05, 4.69) is 38.2 Å². The third-order valence-electron chi connectivity index (χ3n) is 8.27. The Balaban J connectivity index is 3.31. The number of esters is 2. The van der Waals surface area contributed by atoms with E-state index in [0.717, 1.165) is 37.2 Å². The highest BCUT2D eigenvalue weighted by atomic mass is 32.2. The highest BCUT2D eigenvalue weighted by Gasteiger charge is 2.04. The minimum atomic E-state index is -0.0837. The molecule has 0 N–H and O–H groups in total. The van der Waals surface area contributed by atoms with Gasteiger partial charge in [-0.05, 0) is 64.2 Å². The van der Waals surface area contributed by atoms with Gasteiger partial charge in [0, 0.05) is 24.3 Å². The van der Waals surface area contributed by atoms with Crippen LogP contribution >= 0.6 is 11.8 Å². The van der Waals surface area contributed by atoms with Gasteiger partial charge in [-0.25, -0.2) is 0 Å². The van der Waals surface area contributed by atoms with E-state index in [1.807, 2.05) is 0 Å². The molecule has 0 aliphatic carbocycles. The van der Waals surface area contributed by atoms with Gasteiger partial charge in [-0.1, -0.05) is 141 Å². The first-order valence-electron chi connectivity index (χ1n) is 19.4. The number of ether oxygens (including phenoxy) is 2. The summed E-state index contributed by atoms with van der Waals surface area (Å²) in [4.78, 5) is 23.8. The van der Waals surface area contributed by atoms with E-state index in [0.29, 0.717) is 26.1 Å². The predicted molar refractivity (Wildman–Crippen MR) is 198 cm³/mol. The molecule has 0 amide bonds. The number of allylic oxidation sites excluding steroid dienone is 4. The Morgan fingerprint density at radius 3 is 1.04 bits per heavy atom. The first-order chi connectivity index (χ1) is 22.2. The fourth-order valence-electron chi connectivity index (χ4n) is 5.36. The molecule has 264 valence electrons.